The first-order chi connectivity index (χ1) is 9.36. The minimum atomic E-state index is 0.625. The second-order valence-electron chi connectivity index (χ2n) is 4.68. The van der Waals surface area contributed by atoms with Crippen LogP contribution in [-0.2, 0) is 11.2 Å². The van der Waals surface area contributed by atoms with E-state index in [1.165, 1.54) is 24.9 Å². The molecule has 3 heteroatoms. The molecule has 0 saturated carbocycles. The van der Waals surface area contributed by atoms with Crippen molar-refractivity contribution >= 4 is 0 Å². The van der Waals surface area contributed by atoms with Gasteiger partial charge in [0, 0.05) is 0 Å². The van der Waals surface area contributed by atoms with E-state index in [9.17, 15) is 0 Å². The molecule has 1 rings (SSSR count). The fourth-order valence-corrected chi connectivity index (χ4v) is 1.80. The first-order valence-electron chi connectivity index (χ1n) is 7.48. The number of rotatable bonds is 11. The molecule has 0 radical (unpaired) electrons. The second-order valence-corrected chi connectivity index (χ2v) is 4.68. The van der Waals surface area contributed by atoms with E-state index in [1.807, 2.05) is 12.1 Å². The van der Waals surface area contributed by atoms with Crippen molar-refractivity contribution in [1.29, 1.82) is 0 Å². The summed E-state index contributed by atoms with van der Waals surface area (Å²) >= 11 is 0. The third-order valence-corrected chi connectivity index (χ3v) is 3.06. The first-order valence-corrected chi connectivity index (χ1v) is 7.48. The lowest BCUT2D eigenvalue weighted by Gasteiger charge is -2.07. The van der Waals surface area contributed by atoms with Crippen LogP contribution in [0.4, 0.5) is 0 Å². The highest BCUT2D eigenvalue weighted by atomic mass is 16.5. The summed E-state index contributed by atoms with van der Waals surface area (Å²) in [5.41, 5.74) is 1.34. The molecule has 0 unspecified atom stereocenters. The number of ether oxygens (including phenoxy) is 2. The predicted octanol–water partition coefficient (Wildman–Crippen LogP) is 2.01. The molecule has 0 amide bonds. The smallest absolute Gasteiger partial charge is 0.119 e. The van der Waals surface area contributed by atoms with Gasteiger partial charge in [0.15, 0.2) is 0 Å². The molecule has 0 atom stereocenters. The van der Waals surface area contributed by atoms with E-state index >= 15 is 0 Å². The topological polar surface area (TPSA) is 35.1 Å². The average Bonchev–Trinajstić information content (AvgIpc) is 2.46. The van der Waals surface area contributed by atoms with E-state index in [4.69, 9.17) is 9.47 Å². The van der Waals surface area contributed by atoms with Gasteiger partial charge in [0.1, 0.15) is 12.4 Å². The summed E-state index contributed by atoms with van der Waals surface area (Å²) in [6.07, 6.45) is 3.62. The number of quaternary nitrogens is 1. The van der Waals surface area contributed by atoms with E-state index < -0.39 is 0 Å². The number of nitrogens with two attached hydrogens (primary N) is 1. The monoisotopic (exact) mass is 266 g/mol. The fraction of sp³-hybridized carbons (Fsp3) is 0.625. The van der Waals surface area contributed by atoms with Gasteiger partial charge in [-0.25, -0.2) is 0 Å². The third-order valence-electron chi connectivity index (χ3n) is 3.06. The zero-order valence-electron chi connectivity index (χ0n) is 12.4. The van der Waals surface area contributed by atoms with Gasteiger partial charge < -0.3 is 14.8 Å². The highest BCUT2D eigenvalue weighted by Crippen LogP contribution is 2.12. The number of hydrogen-bond acceptors (Lipinski definition) is 2. The lowest BCUT2D eigenvalue weighted by Crippen LogP contribution is -2.85. The molecule has 2 N–H and O–H groups in total. The fourth-order valence-electron chi connectivity index (χ4n) is 1.80. The minimum Gasteiger partial charge on any atom is -0.491 e. The van der Waals surface area contributed by atoms with Crippen molar-refractivity contribution in [2.45, 2.75) is 33.1 Å². The SMILES string of the molecule is CCCC[NH2+]CCOCCOc1ccc(CC)cc1. The third kappa shape index (κ3) is 7.85. The quantitative estimate of drug-likeness (QED) is 0.622. The van der Waals surface area contributed by atoms with E-state index in [-0.39, 0.29) is 0 Å². The van der Waals surface area contributed by atoms with Crippen LogP contribution in [-0.4, -0.2) is 32.9 Å². The highest BCUT2D eigenvalue weighted by molar-refractivity contribution is 5.27. The van der Waals surface area contributed by atoms with Crippen molar-refractivity contribution in [3.05, 3.63) is 29.8 Å². The molecule has 1 aromatic rings. The van der Waals surface area contributed by atoms with E-state index in [0.717, 1.165) is 25.3 Å². The standard InChI is InChI=1S/C16H27NO2/c1-3-5-10-17-11-12-18-13-14-19-16-8-6-15(4-2)7-9-16/h6-9,17H,3-5,10-14H2,1-2H3/p+1. The van der Waals surface area contributed by atoms with Crippen molar-refractivity contribution in [3.63, 3.8) is 0 Å². The number of hydrogen-bond donors (Lipinski definition) is 1. The molecule has 3 nitrogen and oxygen atoms in total. The Morgan fingerprint density at radius 1 is 0.947 bits per heavy atom. The van der Waals surface area contributed by atoms with Crippen molar-refractivity contribution in [2.75, 3.05) is 32.9 Å². The Balaban J connectivity index is 1.95. The van der Waals surface area contributed by atoms with Crippen LogP contribution in [0.3, 0.4) is 0 Å². The summed E-state index contributed by atoms with van der Waals surface area (Å²) in [5, 5.41) is 2.31. The Labute approximate surface area is 117 Å². The molecule has 0 aliphatic heterocycles. The van der Waals surface area contributed by atoms with Gasteiger partial charge in [-0.1, -0.05) is 32.4 Å². The molecule has 0 aliphatic rings. The van der Waals surface area contributed by atoms with Gasteiger partial charge in [-0.2, -0.15) is 0 Å². The average molecular weight is 266 g/mol. The number of unbranched alkanes of at least 4 members (excludes halogenated alkanes) is 1. The van der Waals surface area contributed by atoms with Crippen LogP contribution in [0.25, 0.3) is 0 Å². The largest absolute Gasteiger partial charge is 0.491 e. The summed E-state index contributed by atoms with van der Waals surface area (Å²) in [4.78, 5) is 0. The lowest BCUT2D eigenvalue weighted by atomic mass is 10.2. The van der Waals surface area contributed by atoms with Gasteiger partial charge in [0.05, 0.1) is 26.3 Å². The van der Waals surface area contributed by atoms with Gasteiger partial charge in [0.2, 0.25) is 0 Å². The van der Waals surface area contributed by atoms with Crippen LogP contribution in [0, 0.1) is 0 Å². The number of aryl methyl sites for hydroxylation is 1. The lowest BCUT2D eigenvalue weighted by molar-refractivity contribution is -0.656. The van der Waals surface area contributed by atoms with E-state index in [2.05, 4.69) is 31.3 Å². The molecule has 0 aliphatic carbocycles. The zero-order valence-corrected chi connectivity index (χ0v) is 12.4. The molecule has 0 saturated heterocycles. The molecule has 0 aromatic heterocycles. The van der Waals surface area contributed by atoms with Crippen LogP contribution < -0.4 is 10.1 Å². The normalized spacial score (nSPS) is 10.6. The molecular weight excluding hydrogens is 238 g/mol. The van der Waals surface area contributed by atoms with Crippen molar-refractivity contribution in [1.82, 2.24) is 0 Å². The Hall–Kier alpha value is -1.06. The Morgan fingerprint density at radius 3 is 2.42 bits per heavy atom. The molecule has 19 heavy (non-hydrogen) atoms. The summed E-state index contributed by atoms with van der Waals surface area (Å²) in [7, 11) is 0. The Morgan fingerprint density at radius 2 is 1.74 bits per heavy atom. The van der Waals surface area contributed by atoms with Gasteiger partial charge in [-0.15, -0.1) is 0 Å². The molecule has 0 heterocycles. The van der Waals surface area contributed by atoms with Gasteiger partial charge >= 0.3 is 0 Å². The minimum absolute atomic E-state index is 0.625. The maximum atomic E-state index is 5.62. The maximum Gasteiger partial charge on any atom is 0.119 e. The summed E-state index contributed by atoms with van der Waals surface area (Å²) < 4.78 is 11.1. The van der Waals surface area contributed by atoms with Crippen LogP contribution in [0.5, 0.6) is 5.75 Å². The van der Waals surface area contributed by atoms with Crippen LogP contribution >= 0.6 is 0 Å². The zero-order chi connectivity index (χ0) is 13.8. The Bertz CT molecular complexity index is 311. The van der Waals surface area contributed by atoms with E-state index in [0.29, 0.717) is 13.2 Å². The summed E-state index contributed by atoms with van der Waals surface area (Å²) in [6.45, 7) is 8.72. The van der Waals surface area contributed by atoms with Gasteiger partial charge in [0.25, 0.3) is 0 Å². The van der Waals surface area contributed by atoms with Gasteiger partial charge in [-0.05, 0) is 30.5 Å². The molecule has 1 aromatic carbocycles. The molecule has 0 fully saturated rings. The van der Waals surface area contributed by atoms with Crippen LogP contribution in [0.2, 0.25) is 0 Å². The first kappa shape index (κ1) is 16.0. The molecular formula is C16H28NO2+. The number of benzene rings is 1. The maximum absolute atomic E-state index is 5.62. The Kier molecular flexibility index (Phi) is 9.11. The van der Waals surface area contributed by atoms with Crippen molar-refractivity contribution in [3.8, 4) is 5.75 Å². The van der Waals surface area contributed by atoms with E-state index in [1.54, 1.807) is 0 Å². The second kappa shape index (κ2) is 10.8. The summed E-state index contributed by atoms with van der Waals surface area (Å²) in [6, 6.07) is 8.27. The molecule has 108 valence electrons. The molecule has 0 bridgehead atoms. The van der Waals surface area contributed by atoms with Gasteiger partial charge in [-0.3, -0.25) is 0 Å². The van der Waals surface area contributed by atoms with Crippen LogP contribution in [0.1, 0.15) is 32.3 Å². The van der Waals surface area contributed by atoms with Crippen molar-refractivity contribution in [2.24, 2.45) is 0 Å². The molecule has 0 spiro atoms. The summed E-state index contributed by atoms with van der Waals surface area (Å²) in [5.74, 6) is 0.926. The highest BCUT2D eigenvalue weighted by Gasteiger charge is 1.95. The van der Waals surface area contributed by atoms with Crippen molar-refractivity contribution < 1.29 is 14.8 Å². The predicted molar refractivity (Wildman–Crippen MR) is 78.7 cm³/mol. The van der Waals surface area contributed by atoms with Crippen LogP contribution in [0.15, 0.2) is 24.3 Å².